The summed E-state index contributed by atoms with van der Waals surface area (Å²) in [5.74, 6) is 1.43. The first-order valence-corrected chi connectivity index (χ1v) is 11.4. The quantitative estimate of drug-likeness (QED) is 0.605. The molecule has 162 valence electrons. The summed E-state index contributed by atoms with van der Waals surface area (Å²) in [6, 6.07) is 9.39. The number of ether oxygens (including phenoxy) is 2. The van der Waals surface area contributed by atoms with Gasteiger partial charge in [-0.25, -0.2) is 0 Å². The van der Waals surface area contributed by atoms with Crippen molar-refractivity contribution in [1.29, 1.82) is 0 Å². The molecule has 0 saturated carbocycles. The molecule has 0 unspecified atom stereocenters. The Balaban J connectivity index is 1.76. The van der Waals surface area contributed by atoms with E-state index in [1.807, 2.05) is 43.0 Å². The van der Waals surface area contributed by atoms with Gasteiger partial charge in [-0.1, -0.05) is 19.9 Å². The second-order valence-electron chi connectivity index (χ2n) is 7.31. The number of carbonyl (C=O) groups is 2. The standard InChI is InChI=1S/C23H30N2O4S/c1-4-11-24(22(26)5-2)15-23(27)25-12-9-21-19(10-13-30-21)20(25)16-29-18-8-6-7-17(14-18)28-3/h6-8,10,13-14,20H,4-5,9,11-12,15-16H2,1-3H3/t20-/m1/s1. The Kier molecular flexibility index (Phi) is 7.74. The Hall–Kier alpha value is -2.54. The van der Waals surface area contributed by atoms with Crippen LogP contribution in [0.4, 0.5) is 0 Å². The molecule has 30 heavy (non-hydrogen) atoms. The molecule has 1 atom stereocenters. The van der Waals surface area contributed by atoms with Gasteiger partial charge in [-0.3, -0.25) is 9.59 Å². The lowest BCUT2D eigenvalue weighted by molar-refractivity contribution is -0.142. The molecule has 2 heterocycles. The van der Waals surface area contributed by atoms with E-state index in [-0.39, 0.29) is 24.4 Å². The lowest BCUT2D eigenvalue weighted by atomic mass is 10.0. The number of nitrogens with zero attached hydrogens (tertiary/aromatic N) is 2. The second-order valence-corrected chi connectivity index (χ2v) is 8.31. The van der Waals surface area contributed by atoms with Crippen LogP contribution >= 0.6 is 11.3 Å². The molecule has 0 N–H and O–H groups in total. The Bertz CT molecular complexity index is 866. The fraction of sp³-hybridized carbons (Fsp3) is 0.478. The number of hydrogen-bond donors (Lipinski definition) is 0. The Morgan fingerprint density at radius 2 is 2.03 bits per heavy atom. The van der Waals surface area contributed by atoms with Crippen molar-refractivity contribution in [2.24, 2.45) is 0 Å². The van der Waals surface area contributed by atoms with Crippen molar-refractivity contribution in [2.75, 3.05) is 33.4 Å². The first-order valence-electron chi connectivity index (χ1n) is 10.5. The number of methoxy groups -OCH3 is 1. The van der Waals surface area contributed by atoms with E-state index >= 15 is 0 Å². The Labute approximate surface area is 182 Å². The van der Waals surface area contributed by atoms with Crippen LogP contribution in [0, 0.1) is 0 Å². The first kappa shape index (κ1) is 22.2. The van der Waals surface area contributed by atoms with Crippen molar-refractivity contribution >= 4 is 23.2 Å². The maximum atomic E-state index is 13.2. The lowest BCUT2D eigenvalue weighted by Crippen LogP contribution is -2.47. The summed E-state index contributed by atoms with van der Waals surface area (Å²) >= 11 is 1.72. The number of amides is 2. The predicted octanol–water partition coefficient (Wildman–Crippen LogP) is 3.91. The van der Waals surface area contributed by atoms with Crippen molar-refractivity contribution in [3.8, 4) is 11.5 Å². The minimum Gasteiger partial charge on any atom is -0.497 e. The normalized spacial score (nSPS) is 15.4. The van der Waals surface area contributed by atoms with Gasteiger partial charge in [0.1, 0.15) is 18.1 Å². The van der Waals surface area contributed by atoms with Gasteiger partial charge in [0.15, 0.2) is 0 Å². The summed E-state index contributed by atoms with van der Waals surface area (Å²) in [5.41, 5.74) is 1.14. The molecule has 7 heteroatoms. The zero-order valence-corrected chi connectivity index (χ0v) is 18.7. The molecule has 2 amide bonds. The van der Waals surface area contributed by atoms with Gasteiger partial charge >= 0.3 is 0 Å². The van der Waals surface area contributed by atoms with E-state index in [0.717, 1.165) is 24.2 Å². The molecule has 0 fully saturated rings. The maximum absolute atomic E-state index is 13.2. The van der Waals surface area contributed by atoms with E-state index < -0.39 is 0 Å². The maximum Gasteiger partial charge on any atom is 0.242 e. The molecule has 1 aliphatic heterocycles. The third kappa shape index (κ3) is 5.14. The van der Waals surface area contributed by atoms with Crippen molar-refractivity contribution in [1.82, 2.24) is 9.80 Å². The van der Waals surface area contributed by atoms with Gasteiger partial charge in [0.25, 0.3) is 0 Å². The van der Waals surface area contributed by atoms with Crippen LogP contribution in [0.1, 0.15) is 43.2 Å². The Morgan fingerprint density at radius 1 is 1.23 bits per heavy atom. The fourth-order valence-corrected chi connectivity index (χ4v) is 4.71. The monoisotopic (exact) mass is 430 g/mol. The van der Waals surface area contributed by atoms with E-state index in [9.17, 15) is 9.59 Å². The van der Waals surface area contributed by atoms with E-state index in [1.54, 1.807) is 23.3 Å². The minimum absolute atomic E-state index is 0.0163. The first-order chi connectivity index (χ1) is 14.6. The molecular formula is C23H30N2O4S. The van der Waals surface area contributed by atoms with Crippen molar-refractivity contribution in [2.45, 2.75) is 39.2 Å². The molecule has 1 aromatic carbocycles. The van der Waals surface area contributed by atoms with Gasteiger partial charge in [0.05, 0.1) is 19.7 Å². The number of benzene rings is 1. The van der Waals surface area contributed by atoms with Gasteiger partial charge in [0.2, 0.25) is 11.8 Å². The van der Waals surface area contributed by atoms with Crippen LogP contribution in [0.3, 0.4) is 0 Å². The van der Waals surface area contributed by atoms with Crippen LogP contribution in [0.2, 0.25) is 0 Å². The van der Waals surface area contributed by atoms with Crippen molar-refractivity contribution < 1.29 is 19.1 Å². The van der Waals surface area contributed by atoms with E-state index in [0.29, 0.717) is 31.9 Å². The molecular weight excluding hydrogens is 400 g/mol. The Morgan fingerprint density at radius 3 is 2.77 bits per heavy atom. The molecule has 6 nitrogen and oxygen atoms in total. The largest absolute Gasteiger partial charge is 0.497 e. The number of thiophene rings is 1. The summed E-state index contributed by atoms with van der Waals surface area (Å²) in [6.07, 6.45) is 2.07. The summed E-state index contributed by atoms with van der Waals surface area (Å²) in [4.78, 5) is 30.3. The molecule has 0 saturated heterocycles. The average Bonchev–Trinajstić information content (AvgIpc) is 3.25. The van der Waals surface area contributed by atoms with E-state index in [1.165, 1.54) is 4.88 Å². The molecule has 2 aromatic rings. The SMILES string of the molecule is CCCN(CC(=O)N1CCc2sccc2[C@H]1COc1cccc(OC)c1)C(=O)CC. The fourth-order valence-electron chi connectivity index (χ4n) is 3.78. The summed E-state index contributed by atoms with van der Waals surface area (Å²) in [6.45, 7) is 5.57. The second kappa shape index (κ2) is 10.5. The molecule has 1 aromatic heterocycles. The molecule has 0 spiro atoms. The highest BCUT2D eigenvalue weighted by atomic mass is 32.1. The molecule has 0 bridgehead atoms. The number of hydrogen-bond acceptors (Lipinski definition) is 5. The van der Waals surface area contributed by atoms with E-state index in [2.05, 4.69) is 11.4 Å². The van der Waals surface area contributed by atoms with Gasteiger partial charge in [-0.15, -0.1) is 11.3 Å². The van der Waals surface area contributed by atoms with Gasteiger partial charge in [-0.2, -0.15) is 0 Å². The topological polar surface area (TPSA) is 59.1 Å². The van der Waals surface area contributed by atoms with Gasteiger partial charge in [0, 0.05) is 30.5 Å². The van der Waals surface area contributed by atoms with Crippen LogP contribution < -0.4 is 9.47 Å². The zero-order chi connectivity index (χ0) is 21.5. The van der Waals surface area contributed by atoms with Crippen LogP contribution in [0.15, 0.2) is 35.7 Å². The minimum atomic E-state index is -0.168. The van der Waals surface area contributed by atoms with Crippen LogP contribution in [0.25, 0.3) is 0 Å². The smallest absolute Gasteiger partial charge is 0.242 e. The highest BCUT2D eigenvalue weighted by molar-refractivity contribution is 7.10. The molecule has 0 radical (unpaired) electrons. The molecule has 0 aliphatic carbocycles. The predicted molar refractivity (Wildman–Crippen MR) is 118 cm³/mol. The number of rotatable bonds is 9. The lowest BCUT2D eigenvalue weighted by Gasteiger charge is -2.37. The average molecular weight is 431 g/mol. The van der Waals surface area contributed by atoms with Crippen molar-refractivity contribution in [3.05, 3.63) is 46.2 Å². The zero-order valence-electron chi connectivity index (χ0n) is 17.9. The number of carbonyl (C=O) groups excluding carboxylic acids is 2. The highest BCUT2D eigenvalue weighted by Crippen LogP contribution is 2.34. The summed E-state index contributed by atoms with van der Waals surface area (Å²) < 4.78 is 11.3. The van der Waals surface area contributed by atoms with Gasteiger partial charge < -0.3 is 19.3 Å². The van der Waals surface area contributed by atoms with Crippen LogP contribution in [-0.2, 0) is 16.0 Å². The molecule has 3 rings (SSSR count). The number of fused-ring (bicyclic) bond motifs is 1. The van der Waals surface area contributed by atoms with Crippen molar-refractivity contribution in [3.63, 3.8) is 0 Å². The molecule has 1 aliphatic rings. The third-order valence-corrected chi connectivity index (χ3v) is 6.34. The highest BCUT2D eigenvalue weighted by Gasteiger charge is 2.33. The summed E-state index contributed by atoms with van der Waals surface area (Å²) in [7, 11) is 1.62. The van der Waals surface area contributed by atoms with E-state index in [4.69, 9.17) is 9.47 Å². The van der Waals surface area contributed by atoms with Crippen LogP contribution in [-0.4, -0.2) is 55.0 Å². The third-order valence-electron chi connectivity index (χ3n) is 5.34. The van der Waals surface area contributed by atoms with Gasteiger partial charge in [-0.05, 0) is 42.0 Å². The van der Waals surface area contributed by atoms with Crippen LogP contribution in [0.5, 0.6) is 11.5 Å². The summed E-state index contributed by atoms with van der Waals surface area (Å²) in [5, 5.41) is 2.07.